The summed E-state index contributed by atoms with van der Waals surface area (Å²) in [6, 6.07) is 0. The topological polar surface area (TPSA) is 74.6 Å². The van der Waals surface area contributed by atoms with Crippen molar-refractivity contribution < 1.29 is 19.8 Å². The fraction of sp³-hybridized carbons (Fsp3) is 0.864. The van der Waals surface area contributed by atoms with Gasteiger partial charge in [0.05, 0.1) is 0 Å². The van der Waals surface area contributed by atoms with Gasteiger partial charge in [0.1, 0.15) is 0 Å². The van der Waals surface area contributed by atoms with E-state index in [-0.39, 0.29) is 0 Å². The van der Waals surface area contributed by atoms with Gasteiger partial charge in [-0.1, -0.05) is 179 Å². The summed E-state index contributed by atoms with van der Waals surface area (Å²) in [6.45, 7) is 4.82. The zero-order valence-electron chi connectivity index (χ0n) is 32.2. The molecule has 4 heteroatoms. The van der Waals surface area contributed by atoms with Crippen LogP contribution in [-0.2, 0) is 9.59 Å². The Morgan fingerprint density at radius 1 is 0.396 bits per heavy atom. The van der Waals surface area contributed by atoms with Crippen LogP contribution in [-0.4, -0.2) is 22.2 Å². The van der Waals surface area contributed by atoms with E-state index in [2.05, 4.69) is 38.2 Å². The monoisotopic (exact) mass is 675 g/mol. The van der Waals surface area contributed by atoms with Crippen LogP contribution in [0.1, 0.15) is 232 Å². The van der Waals surface area contributed by atoms with E-state index in [9.17, 15) is 9.59 Å². The fourth-order valence-corrected chi connectivity index (χ4v) is 7.30. The number of unbranched alkanes of at least 4 members (excludes halogenated alkanes) is 23. The summed E-state index contributed by atoms with van der Waals surface area (Å²) >= 11 is 0. The van der Waals surface area contributed by atoms with Gasteiger partial charge in [-0.3, -0.25) is 9.59 Å². The molecule has 2 N–H and O–H groups in total. The van der Waals surface area contributed by atoms with Crippen LogP contribution in [0.15, 0.2) is 24.3 Å². The molecule has 0 aliphatic rings. The number of carboxylic acid groups (broad SMARTS) is 2. The molecule has 2 unspecified atom stereocenters. The highest BCUT2D eigenvalue weighted by molar-refractivity contribution is 5.66. The second-order valence-electron chi connectivity index (χ2n) is 14.8. The molecule has 0 rings (SSSR count). The lowest BCUT2D eigenvalue weighted by Crippen LogP contribution is -2.14. The minimum Gasteiger partial charge on any atom is -0.481 e. The third-order valence-corrected chi connectivity index (χ3v) is 10.3. The lowest BCUT2D eigenvalue weighted by molar-refractivity contribution is -0.138. The Morgan fingerprint density at radius 2 is 0.688 bits per heavy atom. The molecule has 0 bridgehead atoms. The zero-order chi connectivity index (χ0) is 35.2. The summed E-state index contributed by atoms with van der Waals surface area (Å²) in [6.07, 6.45) is 51.2. The van der Waals surface area contributed by atoms with E-state index in [1.807, 2.05) is 0 Å². The third-order valence-electron chi connectivity index (χ3n) is 10.3. The van der Waals surface area contributed by atoms with Gasteiger partial charge < -0.3 is 10.2 Å². The molecule has 0 radical (unpaired) electrons. The van der Waals surface area contributed by atoms with Gasteiger partial charge in [-0.05, 0) is 76.0 Å². The highest BCUT2D eigenvalue weighted by atomic mass is 16.4. The van der Waals surface area contributed by atoms with E-state index in [0.29, 0.717) is 12.8 Å². The summed E-state index contributed by atoms with van der Waals surface area (Å²) in [5, 5.41) is 17.3. The molecule has 0 fully saturated rings. The molecule has 0 aromatic rings. The van der Waals surface area contributed by atoms with Crippen molar-refractivity contribution in [2.75, 3.05) is 0 Å². The van der Waals surface area contributed by atoms with Gasteiger partial charge in [-0.15, -0.1) is 0 Å². The quantitative estimate of drug-likeness (QED) is 0.0502. The minimum absolute atomic E-state index is 0.324. The van der Waals surface area contributed by atoms with Crippen LogP contribution >= 0.6 is 0 Å². The van der Waals surface area contributed by atoms with Gasteiger partial charge in [0.15, 0.2) is 0 Å². The second-order valence-corrected chi connectivity index (χ2v) is 14.8. The molecular formula is C44H82O4. The van der Waals surface area contributed by atoms with Crippen LogP contribution in [0, 0.1) is 11.8 Å². The number of carbonyl (C=O) groups is 2. The summed E-state index contributed by atoms with van der Waals surface area (Å²) < 4.78 is 0. The third kappa shape index (κ3) is 35.7. The van der Waals surface area contributed by atoms with Crippen LogP contribution in [0.3, 0.4) is 0 Å². The molecule has 48 heavy (non-hydrogen) atoms. The van der Waals surface area contributed by atoms with Crippen molar-refractivity contribution in [3.63, 3.8) is 0 Å². The number of rotatable bonds is 39. The van der Waals surface area contributed by atoms with E-state index in [1.54, 1.807) is 0 Å². The number of hydrogen-bond donors (Lipinski definition) is 2. The van der Waals surface area contributed by atoms with Gasteiger partial charge in [-0.2, -0.15) is 0 Å². The Balaban J connectivity index is 3.67. The number of hydrogen-bond acceptors (Lipinski definition) is 2. The molecule has 0 aliphatic heterocycles. The molecule has 4 nitrogen and oxygen atoms in total. The van der Waals surface area contributed by atoms with Crippen molar-refractivity contribution in [3.05, 3.63) is 24.3 Å². The van der Waals surface area contributed by atoms with Crippen LogP contribution in [0.25, 0.3) is 0 Å². The summed E-state index contributed by atoms with van der Waals surface area (Å²) in [5.74, 6) is 0.564. The van der Waals surface area contributed by atoms with E-state index >= 15 is 0 Å². The van der Waals surface area contributed by atoms with Crippen molar-refractivity contribution in [1.82, 2.24) is 0 Å². The first-order valence-electron chi connectivity index (χ1n) is 21.2. The maximum Gasteiger partial charge on any atom is 0.303 e. The lowest BCUT2D eigenvalue weighted by atomic mass is 9.80. The standard InChI is InChI=1S/C44H82O4/c1-3-36-42(38-33-29-25-21-17-13-9-7-11-15-19-23-27-31-35-40-44(47)48)41(4-2)37-32-28-24-20-16-12-8-5-6-10-14-18-22-26-30-34-39-43(45)46/h6-7,10-11,41-42H,3-5,8-9,12-40H2,1-2H3,(H,45,46)(H,47,48)/b10-6-,11-7-. The van der Waals surface area contributed by atoms with Gasteiger partial charge in [0.2, 0.25) is 0 Å². The van der Waals surface area contributed by atoms with Crippen LogP contribution in [0.4, 0.5) is 0 Å². The zero-order valence-corrected chi connectivity index (χ0v) is 32.2. The first kappa shape index (κ1) is 46.4. The normalized spacial score (nSPS) is 13.1. The predicted molar refractivity (Wildman–Crippen MR) is 209 cm³/mol. The van der Waals surface area contributed by atoms with Gasteiger partial charge in [0.25, 0.3) is 0 Å². The van der Waals surface area contributed by atoms with Crippen molar-refractivity contribution in [2.24, 2.45) is 11.8 Å². The molecule has 0 amide bonds. The highest BCUT2D eigenvalue weighted by Crippen LogP contribution is 2.31. The molecule has 0 saturated heterocycles. The number of allylic oxidation sites excluding steroid dienone is 4. The summed E-state index contributed by atoms with van der Waals surface area (Å²) in [7, 11) is 0. The molecule has 0 aromatic carbocycles. The maximum absolute atomic E-state index is 10.5. The molecule has 0 heterocycles. The van der Waals surface area contributed by atoms with Gasteiger partial charge in [-0.25, -0.2) is 0 Å². The van der Waals surface area contributed by atoms with Crippen LogP contribution < -0.4 is 0 Å². The largest absolute Gasteiger partial charge is 0.481 e. The predicted octanol–water partition coefficient (Wildman–Crippen LogP) is 14.8. The van der Waals surface area contributed by atoms with Crippen molar-refractivity contribution >= 4 is 11.9 Å². The van der Waals surface area contributed by atoms with Crippen LogP contribution in [0.5, 0.6) is 0 Å². The Bertz CT molecular complexity index is 742. The van der Waals surface area contributed by atoms with Crippen LogP contribution in [0.2, 0.25) is 0 Å². The smallest absolute Gasteiger partial charge is 0.303 e. The Morgan fingerprint density at radius 3 is 1.00 bits per heavy atom. The van der Waals surface area contributed by atoms with E-state index in [4.69, 9.17) is 10.2 Å². The molecule has 0 saturated carbocycles. The average Bonchev–Trinajstić information content (AvgIpc) is 3.06. The maximum atomic E-state index is 10.5. The lowest BCUT2D eigenvalue weighted by Gasteiger charge is -2.26. The van der Waals surface area contributed by atoms with Crippen molar-refractivity contribution in [3.8, 4) is 0 Å². The average molecular weight is 675 g/mol. The van der Waals surface area contributed by atoms with E-state index < -0.39 is 11.9 Å². The summed E-state index contributed by atoms with van der Waals surface area (Å²) in [4.78, 5) is 21.0. The fourth-order valence-electron chi connectivity index (χ4n) is 7.30. The Hall–Kier alpha value is -1.58. The van der Waals surface area contributed by atoms with Gasteiger partial charge >= 0.3 is 11.9 Å². The highest BCUT2D eigenvalue weighted by Gasteiger charge is 2.18. The van der Waals surface area contributed by atoms with E-state index in [0.717, 1.165) is 37.5 Å². The summed E-state index contributed by atoms with van der Waals surface area (Å²) in [5.41, 5.74) is 0. The first-order valence-corrected chi connectivity index (χ1v) is 21.2. The van der Waals surface area contributed by atoms with Crippen molar-refractivity contribution in [1.29, 1.82) is 0 Å². The minimum atomic E-state index is -0.665. The molecule has 0 aliphatic carbocycles. The molecular weight excluding hydrogens is 592 g/mol. The van der Waals surface area contributed by atoms with E-state index in [1.165, 1.54) is 180 Å². The van der Waals surface area contributed by atoms with Crippen molar-refractivity contribution in [2.45, 2.75) is 232 Å². The number of aliphatic carboxylic acids is 2. The molecule has 0 aromatic heterocycles. The Kier molecular flexibility index (Phi) is 37.0. The SMILES string of the molecule is CCCC(CCCCCCCC/C=C\CCCCCCCC(=O)O)C(CC)CCCCCCCCC/C=C\CCCCCCCC(=O)O. The molecule has 0 spiro atoms. The first-order chi connectivity index (χ1) is 23.5. The molecule has 282 valence electrons. The second kappa shape index (κ2) is 38.2. The van der Waals surface area contributed by atoms with Gasteiger partial charge in [0, 0.05) is 12.8 Å². The Labute approximate surface area is 299 Å². The molecule has 2 atom stereocenters. The number of carboxylic acids is 2.